The number of hydrogen-bond acceptors (Lipinski definition) is 4. The van der Waals surface area contributed by atoms with Crippen molar-refractivity contribution in [3.8, 4) is 5.75 Å². The first-order valence-corrected chi connectivity index (χ1v) is 7.54. The largest absolute Gasteiger partial charge is 0.497 e. The lowest BCUT2D eigenvalue weighted by molar-refractivity contribution is 0.415. The summed E-state index contributed by atoms with van der Waals surface area (Å²) in [5, 5.41) is 5.90. The Bertz CT molecular complexity index is 877. The fourth-order valence-electron chi connectivity index (χ4n) is 2.31. The van der Waals surface area contributed by atoms with Gasteiger partial charge >= 0.3 is 0 Å². The molecule has 2 aromatic carbocycles. The predicted molar refractivity (Wildman–Crippen MR) is 95.7 cm³/mol. The van der Waals surface area contributed by atoms with E-state index in [1.54, 1.807) is 13.3 Å². The molecule has 5 heteroatoms. The third-order valence-electron chi connectivity index (χ3n) is 3.44. The highest BCUT2D eigenvalue weighted by Gasteiger charge is 2.05. The van der Waals surface area contributed by atoms with E-state index in [0.29, 0.717) is 5.02 Å². The van der Waals surface area contributed by atoms with E-state index in [4.69, 9.17) is 16.3 Å². The second-order valence-corrected chi connectivity index (χ2v) is 5.49. The van der Waals surface area contributed by atoms with Crippen molar-refractivity contribution < 1.29 is 4.74 Å². The summed E-state index contributed by atoms with van der Waals surface area (Å²) >= 11 is 6.12. The highest BCUT2D eigenvalue weighted by Crippen LogP contribution is 2.27. The van der Waals surface area contributed by atoms with Crippen LogP contribution in [-0.4, -0.2) is 18.3 Å². The van der Waals surface area contributed by atoms with Crippen molar-refractivity contribution in [1.82, 2.24) is 4.98 Å². The summed E-state index contributed by atoms with van der Waals surface area (Å²) in [6, 6.07) is 15.3. The van der Waals surface area contributed by atoms with Gasteiger partial charge in [-0.15, -0.1) is 0 Å². The lowest BCUT2D eigenvalue weighted by atomic mass is 10.1. The van der Waals surface area contributed by atoms with Gasteiger partial charge < -0.3 is 4.74 Å². The summed E-state index contributed by atoms with van der Waals surface area (Å²) in [5.41, 5.74) is 6.60. The van der Waals surface area contributed by atoms with Crippen LogP contribution in [0.2, 0.25) is 5.02 Å². The number of nitrogens with one attached hydrogen (secondary N) is 1. The zero-order valence-electron chi connectivity index (χ0n) is 12.9. The number of hydrogen-bond donors (Lipinski definition) is 1. The molecule has 0 aliphatic carbocycles. The Balaban J connectivity index is 1.94. The van der Waals surface area contributed by atoms with Crippen LogP contribution in [0.4, 0.5) is 5.69 Å². The van der Waals surface area contributed by atoms with E-state index in [2.05, 4.69) is 15.5 Å². The molecule has 0 spiro atoms. The van der Waals surface area contributed by atoms with Gasteiger partial charge in [-0.3, -0.25) is 10.4 Å². The van der Waals surface area contributed by atoms with Crippen molar-refractivity contribution in [2.75, 3.05) is 12.5 Å². The molecular weight excluding hydrogens is 310 g/mol. The minimum Gasteiger partial charge on any atom is -0.497 e. The van der Waals surface area contributed by atoms with Crippen LogP contribution in [0, 0.1) is 6.92 Å². The van der Waals surface area contributed by atoms with Gasteiger partial charge in [0.15, 0.2) is 0 Å². The molecule has 1 aromatic heterocycles. The quantitative estimate of drug-likeness (QED) is 0.561. The van der Waals surface area contributed by atoms with Gasteiger partial charge in [0.2, 0.25) is 0 Å². The molecule has 0 atom stereocenters. The molecule has 3 rings (SSSR count). The van der Waals surface area contributed by atoms with Crippen LogP contribution in [0.3, 0.4) is 0 Å². The Morgan fingerprint density at radius 3 is 2.78 bits per heavy atom. The van der Waals surface area contributed by atoms with Crippen molar-refractivity contribution >= 4 is 34.4 Å². The number of anilines is 1. The molecule has 0 amide bonds. The van der Waals surface area contributed by atoms with Crippen molar-refractivity contribution in [2.24, 2.45) is 5.10 Å². The van der Waals surface area contributed by atoms with Gasteiger partial charge in [0.1, 0.15) is 5.75 Å². The summed E-state index contributed by atoms with van der Waals surface area (Å²) < 4.78 is 5.29. The van der Waals surface area contributed by atoms with Gasteiger partial charge in [-0.1, -0.05) is 29.8 Å². The molecule has 3 aromatic rings. The number of aryl methyl sites for hydroxylation is 1. The molecule has 0 unspecified atom stereocenters. The fourth-order valence-corrected chi connectivity index (χ4v) is 2.49. The van der Waals surface area contributed by atoms with Gasteiger partial charge in [0.05, 0.1) is 24.5 Å². The fraction of sp³-hybridized carbons (Fsp3) is 0.111. The molecule has 0 fully saturated rings. The standard InChI is InChI=1S/C18H16ClN3O/c1-12-9-18(15-10-14(23-2)7-8-17(15)21-12)22-20-11-13-5-3-4-6-16(13)19/h3-11H,1-2H3,(H,21,22). The maximum absolute atomic E-state index is 6.12. The van der Waals surface area contributed by atoms with Crippen molar-refractivity contribution in [2.45, 2.75) is 6.92 Å². The Hall–Kier alpha value is -2.59. The first-order valence-electron chi connectivity index (χ1n) is 7.16. The minimum absolute atomic E-state index is 0.662. The van der Waals surface area contributed by atoms with Crippen LogP contribution in [0.1, 0.15) is 11.3 Å². The van der Waals surface area contributed by atoms with Crippen LogP contribution in [-0.2, 0) is 0 Å². The summed E-state index contributed by atoms with van der Waals surface area (Å²) in [5.74, 6) is 0.779. The number of ether oxygens (including phenoxy) is 1. The minimum atomic E-state index is 0.662. The number of nitrogens with zero attached hydrogens (tertiary/aromatic N) is 2. The van der Waals surface area contributed by atoms with Crippen LogP contribution in [0.25, 0.3) is 10.9 Å². The van der Waals surface area contributed by atoms with E-state index in [9.17, 15) is 0 Å². The first-order chi connectivity index (χ1) is 11.2. The molecule has 1 heterocycles. The van der Waals surface area contributed by atoms with E-state index in [1.807, 2.05) is 55.5 Å². The molecule has 0 radical (unpaired) electrons. The lowest BCUT2D eigenvalue weighted by Crippen LogP contribution is -1.95. The highest BCUT2D eigenvalue weighted by molar-refractivity contribution is 6.33. The maximum atomic E-state index is 6.12. The third kappa shape index (κ3) is 3.43. The van der Waals surface area contributed by atoms with E-state index in [0.717, 1.165) is 33.6 Å². The van der Waals surface area contributed by atoms with Gasteiger partial charge in [-0.2, -0.15) is 5.10 Å². The molecule has 1 N–H and O–H groups in total. The topological polar surface area (TPSA) is 46.5 Å². The van der Waals surface area contributed by atoms with Crippen LogP contribution >= 0.6 is 11.6 Å². The smallest absolute Gasteiger partial charge is 0.119 e. The maximum Gasteiger partial charge on any atom is 0.119 e. The number of halogens is 1. The Kier molecular flexibility index (Phi) is 4.44. The Morgan fingerprint density at radius 2 is 2.00 bits per heavy atom. The van der Waals surface area contributed by atoms with Crippen LogP contribution in [0.5, 0.6) is 5.75 Å². The second-order valence-electron chi connectivity index (χ2n) is 5.09. The van der Waals surface area contributed by atoms with Crippen molar-refractivity contribution in [3.05, 3.63) is 64.8 Å². The van der Waals surface area contributed by atoms with E-state index in [1.165, 1.54) is 0 Å². The Labute approximate surface area is 139 Å². The monoisotopic (exact) mass is 325 g/mol. The molecule has 0 aliphatic heterocycles. The van der Waals surface area contributed by atoms with Gasteiger partial charge in [0, 0.05) is 21.7 Å². The normalized spacial score (nSPS) is 11.1. The number of pyridine rings is 1. The van der Waals surface area contributed by atoms with Crippen LogP contribution in [0.15, 0.2) is 53.6 Å². The Morgan fingerprint density at radius 1 is 1.17 bits per heavy atom. The predicted octanol–water partition coefficient (Wildman–Crippen LogP) is 4.65. The summed E-state index contributed by atoms with van der Waals surface area (Å²) in [7, 11) is 1.64. The molecule has 0 aliphatic rings. The van der Waals surface area contributed by atoms with E-state index in [-0.39, 0.29) is 0 Å². The zero-order valence-corrected chi connectivity index (χ0v) is 13.6. The second kappa shape index (κ2) is 6.67. The molecule has 23 heavy (non-hydrogen) atoms. The van der Waals surface area contributed by atoms with Gasteiger partial charge in [0.25, 0.3) is 0 Å². The molecule has 0 saturated heterocycles. The third-order valence-corrected chi connectivity index (χ3v) is 3.78. The number of rotatable bonds is 4. The highest BCUT2D eigenvalue weighted by atomic mass is 35.5. The van der Waals surface area contributed by atoms with E-state index < -0.39 is 0 Å². The molecule has 4 nitrogen and oxygen atoms in total. The number of hydrazone groups is 1. The number of aromatic nitrogens is 1. The van der Waals surface area contributed by atoms with Crippen LogP contribution < -0.4 is 10.2 Å². The molecule has 0 saturated carbocycles. The lowest BCUT2D eigenvalue weighted by Gasteiger charge is -2.09. The first kappa shape index (κ1) is 15.3. The number of methoxy groups -OCH3 is 1. The zero-order chi connectivity index (χ0) is 16.2. The van der Waals surface area contributed by atoms with Gasteiger partial charge in [-0.25, -0.2) is 0 Å². The van der Waals surface area contributed by atoms with E-state index >= 15 is 0 Å². The number of fused-ring (bicyclic) bond motifs is 1. The summed E-state index contributed by atoms with van der Waals surface area (Å²) in [6.45, 7) is 1.95. The molecule has 116 valence electrons. The van der Waals surface area contributed by atoms with Crippen molar-refractivity contribution in [1.29, 1.82) is 0 Å². The SMILES string of the molecule is COc1ccc2nc(C)cc(NN=Cc3ccccc3Cl)c2c1. The molecule has 0 bridgehead atoms. The number of benzene rings is 2. The summed E-state index contributed by atoms with van der Waals surface area (Å²) in [6.07, 6.45) is 1.70. The molecular formula is C18H16ClN3O. The van der Waals surface area contributed by atoms with Crippen molar-refractivity contribution in [3.63, 3.8) is 0 Å². The van der Waals surface area contributed by atoms with Gasteiger partial charge in [-0.05, 0) is 37.3 Å². The average Bonchev–Trinajstić information content (AvgIpc) is 2.56. The summed E-state index contributed by atoms with van der Waals surface area (Å²) in [4.78, 5) is 4.52. The average molecular weight is 326 g/mol.